The van der Waals surface area contributed by atoms with Crippen LogP contribution >= 0.6 is 0 Å². The number of para-hydroxylation sites is 1. The van der Waals surface area contributed by atoms with Crippen LogP contribution in [-0.4, -0.2) is 80.5 Å². The first-order valence-corrected chi connectivity index (χ1v) is 10.4. The molecule has 2 saturated heterocycles. The fraction of sp³-hybridized carbons (Fsp3) is 0.667. The molecule has 0 radical (unpaired) electrons. The molecule has 7 heteroatoms. The van der Waals surface area contributed by atoms with Crippen LogP contribution in [0, 0.1) is 0 Å². The number of ether oxygens (including phenoxy) is 2. The fourth-order valence-electron chi connectivity index (χ4n) is 3.93. The number of hydrogen-bond acceptors (Lipinski definition) is 5. The number of anilines is 1. The van der Waals surface area contributed by atoms with Crippen LogP contribution in [0.4, 0.5) is 10.5 Å². The molecule has 2 aliphatic heterocycles. The lowest BCUT2D eigenvalue weighted by Gasteiger charge is -2.35. The molecule has 3 rings (SSSR count). The van der Waals surface area contributed by atoms with Crippen molar-refractivity contribution in [2.45, 2.75) is 39.0 Å². The summed E-state index contributed by atoms with van der Waals surface area (Å²) < 4.78 is 11.2. The third-order valence-electron chi connectivity index (χ3n) is 5.20. The number of hydrogen-bond donors (Lipinski definition) is 2. The topological polar surface area (TPSA) is 66.1 Å². The van der Waals surface area contributed by atoms with Gasteiger partial charge in [-0.15, -0.1) is 0 Å². The molecule has 1 aromatic rings. The van der Waals surface area contributed by atoms with Gasteiger partial charge in [0.25, 0.3) is 0 Å². The van der Waals surface area contributed by atoms with Crippen molar-refractivity contribution < 1.29 is 14.3 Å². The van der Waals surface area contributed by atoms with Gasteiger partial charge in [-0.2, -0.15) is 0 Å². The van der Waals surface area contributed by atoms with Gasteiger partial charge >= 0.3 is 6.03 Å². The minimum atomic E-state index is -0.141. The van der Waals surface area contributed by atoms with Gasteiger partial charge in [-0.05, 0) is 38.4 Å². The highest BCUT2D eigenvalue weighted by atomic mass is 16.5. The van der Waals surface area contributed by atoms with E-state index in [-0.39, 0.29) is 18.2 Å². The predicted octanol–water partition coefficient (Wildman–Crippen LogP) is 2.14. The SMILES string of the molecule is CC1CN(Cc2ccccc2NC(=O)NCCCN2CCOCC2)CC(C)O1. The number of nitrogens with zero attached hydrogens (tertiary/aromatic N) is 2. The van der Waals surface area contributed by atoms with E-state index in [0.717, 1.165) is 70.2 Å². The number of rotatable bonds is 7. The second-order valence-electron chi connectivity index (χ2n) is 7.80. The average Bonchev–Trinajstić information content (AvgIpc) is 2.67. The lowest BCUT2D eigenvalue weighted by atomic mass is 10.1. The molecule has 2 fully saturated rings. The van der Waals surface area contributed by atoms with Crippen molar-refractivity contribution in [1.29, 1.82) is 0 Å². The number of benzene rings is 1. The molecule has 0 spiro atoms. The van der Waals surface area contributed by atoms with E-state index >= 15 is 0 Å². The summed E-state index contributed by atoms with van der Waals surface area (Å²) in [5.41, 5.74) is 2.01. The Morgan fingerprint density at radius 2 is 1.82 bits per heavy atom. The lowest BCUT2D eigenvalue weighted by molar-refractivity contribution is -0.0704. The van der Waals surface area contributed by atoms with Crippen LogP contribution in [0.1, 0.15) is 25.8 Å². The minimum absolute atomic E-state index is 0.141. The first-order valence-electron chi connectivity index (χ1n) is 10.4. The van der Waals surface area contributed by atoms with E-state index in [0.29, 0.717) is 6.54 Å². The Kier molecular flexibility index (Phi) is 8.09. The first kappa shape index (κ1) is 21.0. The molecule has 0 saturated carbocycles. The predicted molar refractivity (Wildman–Crippen MR) is 111 cm³/mol. The zero-order valence-electron chi connectivity index (χ0n) is 17.2. The van der Waals surface area contributed by atoms with Crippen molar-refractivity contribution in [1.82, 2.24) is 15.1 Å². The maximum absolute atomic E-state index is 12.3. The summed E-state index contributed by atoms with van der Waals surface area (Å²) in [6, 6.07) is 7.89. The summed E-state index contributed by atoms with van der Waals surface area (Å²) in [5.74, 6) is 0. The Morgan fingerprint density at radius 3 is 2.57 bits per heavy atom. The minimum Gasteiger partial charge on any atom is -0.379 e. The maximum atomic E-state index is 12.3. The zero-order valence-corrected chi connectivity index (χ0v) is 17.2. The van der Waals surface area contributed by atoms with Crippen molar-refractivity contribution in [2.75, 3.05) is 57.8 Å². The average molecular weight is 391 g/mol. The molecule has 0 bridgehead atoms. The van der Waals surface area contributed by atoms with Crippen LogP contribution in [0.3, 0.4) is 0 Å². The Morgan fingerprint density at radius 1 is 1.11 bits per heavy atom. The van der Waals surface area contributed by atoms with E-state index in [1.807, 2.05) is 18.2 Å². The summed E-state index contributed by atoms with van der Waals surface area (Å²) in [4.78, 5) is 17.1. The van der Waals surface area contributed by atoms with Crippen LogP contribution in [-0.2, 0) is 16.0 Å². The van der Waals surface area contributed by atoms with E-state index in [2.05, 4.69) is 40.3 Å². The fourth-order valence-corrected chi connectivity index (χ4v) is 3.93. The normalized spacial score (nSPS) is 24.1. The Hall–Kier alpha value is -1.67. The van der Waals surface area contributed by atoms with Crippen LogP contribution < -0.4 is 10.6 Å². The smallest absolute Gasteiger partial charge is 0.319 e. The molecule has 2 N–H and O–H groups in total. The molecule has 7 nitrogen and oxygen atoms in total. The summed E-state index contributed by atoms with van der Waals surface area (Å²) in [7, 11) is 0. The van der Waals surface area contributed by atoms with Crippen molar-refractivity contribution in [3.8, 4) is 0 Å². The molecule has 156 valence electrons. The molecule has 28 heavy (non-hydrogen) atoms. The van der Waals surface area contributed by atoms with Gasteiger partial charge in [-0.25, -0.2) is 4.79 Å². The van der Waals surface area contributed by atoms with E-state index in [1.54, 1.807) is 0 Å². The van der Waals surface area contributed by atoms with Crippen molar-refractivity contribution in [3.05, 3.63) is 29.8 Å². The van der Waals surface area contributed by atoms with Crippen LogP contribution in [0.2, 0.25) is 0 Å². The highest BCUT2D eigenvalue weighted by Crippen LogP contribution is 2.20. The van der Waals surface area contributed by atoms with E-state index in [1.165, 1.54) is 0 Å². The molecular formula is C21H34N4O3. The molecule has 2 aliphatic rings. The Bertz CT molecular complexity index is 611. The van der Waals surface area contributed by atoms with E-state index in [4.69, 9.17) is 9.47 Å². The van der Waals surface area contributed by atoms with E-state index in [9.17, 15) is 4.79 Å². The highest BCUT2D eigenvalue weighted by molar-refractivity contribution is 5.90. The molecule has 2 heterocycles. The monoisotopic (exact) mass is 390 g/mol. The molecule has 2 unspecified atom stereocenters. The second-order valence-corrected chi connectivity index (χ2v) is 7.80. The number of amides is 2. The Labute approximate surface area is 168 Å². The number of urea groups is 1. The van der Waals surface area contributed by atoms with E-state index < -0.39 is 0 Å². The molecular weight excluding hydrogens is 356 g/mol. The first-order chi connectivity index (χ1) is 13.6. The van der Waals surface area contributed by atoms with Gasteiger partial charge in [-0.3, -0.25) is 9.80 Å². The molecule has 2 atom stereocenters. The Balaban J connectivity index is 1.44. The molecule has 0 aromatic heterocycles. The quantitative estimate of drug-likeness (QED) is 0.699. The van der Waals surface area contributed by atoms with Gasteiger partial charge < -0.3 is 20.1 Å². The van der Waals surface area contributed by atoms with Gasteiger partial charge in [0.2, 0.25) is 0 Å². The molecule has 0 aliphatic carbocycles. The van der Waals surface area contributed by atoms with Crippen molar-refractivity contribution in [2.24, 2.45) is 0 Å². The van der Waals surface area contributed by atoms with Crippen LogP contribution in [0.15, 0.2) is 24.3 Å². The number of carbonyl (C=O) groups excluding carboxylic acids is 1. The third-order valence-corrected chi connectivity index (χ3v) is 5.20. The van der Waals surface area contributed by atoms with Gasteiger partial charge in [0.05, 0.1) is 25.4 Å². The van der Waals surface area contributed by atoms with Gasteiger partial charge in [0, 0.05) is 45.0 Å². The molecule has 2 amide bonds. The zero-order chi connectivity index (χ0) is 19.8. The van der Waals surface area contributed by atoms with Crippen LogP contribution in [0.25, 0.3) is 0 Å². The summed E-state index contributed by atoms with van der Waals surface area (Å²) >= 11 is 0. The number of carbonyl (C=O) groups is 1. The van der Waals surface area contributed by atoms with Crippen molar-refractivity contribution >= 4 is 11.7 Å². The van der Waals surface area contributed by atoms with Gasteiger partial charge in [0.15, 0.2) is 0 Å². The maximum Gasteiger partial charge on any atom is 0.319 e. The highest BCUT2D eigenvalue weighted by Gasteiger charge is 2.22. The van der Waals surface area contributed by atoms with Crippen LogP contribution in [0.5, 0.6) is 0 Å². The summed E-state index contributed by atoms with van der Waals surface area (Å²) in [6.45, 7) is 12.1. The summed E-state index contributed by atoms with van der Waals surface area (Å²) in [5, 5.41) is 5.99. The third kappa shape index (κ3) is 6.74. The molecule has 1 aromatic carbocycles. The standard InChI is InChI=1S/C21H34N4O3/c1-17-14-25(15-18(2)28-17)16-19-6-3-4-7-20(19)23-21(26)22-8-5-9-24-10-12-27-13-11-24/h3-4,6-7,17-18H,5,8-16H2,1-2H3,(H2,22,23,26). The second kappa shape index (κ2) is 10.8. The largest absolute Gasteiger partial charge is 0.379 e. The van der Waals surface area contributed by atoms with Gasteiger partial charge in [-0.1, -0.05) is 18.2 Å². The number of nitrogens with one attached hydrogen (secondary N) is 2. The summed E-state index contributed by atoms with van der Waals surface area (Å²) in [6.07, 6.45) is 1.41. The van der Waals surface area contributed by atoms with Crippen molar-refractivity contribution in [3.63, 3.8) is 0 Å². The number of morpholine rings is 2. The lowest BCUT2D eigenvalue weighted by Crippen LogP contribution is -2.45. The van der Waals surface area contributed by atoms with Gasteiger partial charge in [0.1, 0.15) is 0 Å².